The maximum atomic E-state index is 12.8. The molecule has 4 aromatic heterocycles. The topological polar surface area (TPSA) is 418 Å². The monoisotopic (exact) mass is 1820 g/mol. The summed E-state index contributed by atoms with van der Waals surface area (Å²) < 4.78 is 3.22. The smallest absolute Gasteiger partial charge is 0.258 e. The van der Waals surface area contributed by atoms with Crippen LogP contribution in [0.1, 0.15) is 132 Å². The Morgan fingerprint density at radius 2 is 0.556 bits per heavy atom. The number of likely N-dealkylation sites (tertiary alicyclic amines) is 1. The van der Waals surface area contributed by atoms with E-state index in [0.717, 1.165) is 60.5 Å². The molecule has 1 saturated heterocycles. The number of nitrogens with two attached hydrogens (primary N) is 1. The average molecular weight is 1820 g/mol. The minimum Gasteiger partial charge on any atom is -0.409 e. The van der Waals surface area contributed by atoms with Crippen LogP contribution in [0.4, 0.5) is 46.0 Å². The maximum absolute atomic E-state index is 12.8. The maximum Gasteiger partial charge on any atom is 0.258 e. The Morgan fingerprint density at radius 3 is 0.786 bits per heavy atom. The molecular formula is C86H72Br4N18O9. The van der Waals surface area contributed by atoms with Crippen LogP contribution in [-0.4, -0.2) is 113 Å². The standard InChI is InChI=1S/C24H22BrN5O2.2C21H17BrN4O2.C20H16BrN5O3/c25-18-11-12-21(27-15-18)29-24(32)19-5-1-2-6-20(19)28-23(31)17-9-7-16(8-10-17)22(26)30-13-3-4-14-30;2*1-13(23)14-6-8-15(9-7-14)20(27)25-18-5-3-2-4-17(18)21(28)26-19-11-10-16(22)12-24-19;21-14-9-10-17(23-11-14)25-20(28)15-3-1-2-4-16(15)24-19(27)13-7-5-12(6-8-13)18(22)26-29/h1-2,5-12,15,26H,3-4,13-14H2,(H,28,31)(H,27,29,32);2*2-12,23H,1H3,(H,25,27)(H,24,26,28);1-11,29H,(H2,22,26)(H,24,27)(H,23,25,28). The van der Waals surface area contributed by atoms with Gasteiger partial charge in [0.05, 0.1) is 45.0 Å². The normalized spacial score (nSPS) is 11.2. The Balaban J connectivity index is 0.000000165. The second-order valence-corrected chi connectivity index (χ2v) is 29.0. The van der Waals surface area contributed by atoms with E-state index in [1.165, 1.54) is 12.1 Å². The first-order valence-corrected chi connectivity index (χ1v) is 38.7. The zero-order chi connectivity index (χ0) is 83.5. The lowest BCUT2D eigenvalue weighted by Crippen LogP contribution is -2.27. The van der Waals surface area contributed by atoms with Gasteiger partial charge in [0, 0.05) is 101 Å². The van der Waals surface area contributed by atoms with Gasteiger partial charge in [-0.25, -0.2) is 19.9 Å². The van der Waals surface area contributed by atoms with E-state index in [9.17, 15) is 38.4 Å². The number of oxime groups is 1. The molecule has 1 aliphatic rings. The number of nitrogens with zero attached hydrogens (tertiary/aromatic N) is 6. The zero-order valence-electron chi connectivity index (χ0n) is 62.2. The van der Waals surface area contributed by atoms with Crippen LogP contribution in [0.5, 0.6) is 0 Å². The Hall–Kier alpha value is -13.9. The van der Waals surface area contributed by atoms with Gasteiger partial charge in [-0.1, -0.05) is 102 Å². The van der Waals surface area contributed by atoms with E-state index in [1.807, 2.05) is 4.90 Å². The molecular weight excluding hydrogens is 1750 g/mol. The van der Waals surface area contributed by atoms with E-state index < -0.39 is 11.8 Å². The first kappa shape index (κ1) is 85.5. The fourth-order valence-corrected chi connectivity index (χ4v) is 11.9. The lowest BCUT2D eigenvalue weighted by Gasteiger charge is -2.18. The molecule has 0 aliphatic carbocycles. The predicted octanol–water partition coefficient (Wildman–Crippen LogP) is 17.7. The van der Waals surface area contributed by atoms with E-state index in [-0.39, 0.29) is 41.3 Å². The van der Waals surface area contributed by atoms with Gasteiger partial charge in [-0.05, 0) is 247 Å². The highest BCUT2D eigenvalue weighted by Crippen LogP contribution is 2.26. The molecule has 12 aromatic rings. The molecule has 0 unspecified atom stereocenters. The summed E-state index contributed by atoms with van der Waals surface area (Å²) in [5.41, 5.74) is 13.6. The molecule has 0 bridgehead atoms. The number of aromatic nitrogens is 4. The van der Waals surface area contributed by atoms with Crippen LogP contribution in [0.3, 0.4) is 0 Å². The van der Waals surface area contributed by atoms with Gasteiger partial charge >= 0.3 is 0 Å². The number of hydrogen-bond acceptors (Lipinski definition) is 17. The third-order valence-electron chi connectivity index (χ3n) is 17.1. The van der Waals surface area contributed by atoms with Gasteiger partial charge in [0.25, 0.3) is 47.3 Å². The van der Waals surface area contributed by atoms with Crippen LogP contribution in [0.25, 0.3) is 0 Å². The first-order valence-electron chi connectivity index (χ1n) is 35.5. The van der Waals surface area contributed by atoms with Crippen molar-refractivity contribution in [2.24, 2.45) is 10.9 Å². The summed E-state index contributed by atoms with van der Waals surface area (Å²) in [7, 11) is 0. The summed E-state index contributed by atoms with van der Waals surface area (Å²) in [6.45, 7) is 5.17. The molecule has 1 aliphatic heterocycles. The summed E-state index contributed by atoms with van der Waals surface area (Å²) in [5.74, 6) is -0.883. The molecule has 0 atom stereocenters. The molecule has 117 heavy (non-hydrogen) atoms. The molecule has 0 spiro atoms. The third kappa shape index (κ3) is 24.8. The second kappa shape index (κ2) is 41.8. The van der Waals surface area contributed by atoms with Crippen LogP contribution >= 0.6 is 63.7 Å². The summed E-state index contributed by atoms with van der Waals surface area (Å²) >= 11 is 13.2. The number of amidine groups is 2. The van der Waals surface area contributed by atoms with Gasteiger partial charge in [0.15, 0.2) is 5.84 Å². The number of pyridine rings is 4. The van der Waals surface area contributed by atoms with Crippen molar-refractivity contribution in [1.82, 2.24) is 24.8 Å². The third-order valence-corrected chi connectivity index (χ3v) is 19.0. The molecule has 0 radical (unpaired) electrons. The second-order valence-electron chi connectivity index (χ2n) is 25.3. The van der Waals surface area contributed by atoms with Gasteiger partial charge in [-0.3, -0.25) is 43.8 Å². The van der Waals surface area contributed by atoms with E-state index in [0.29, 0.717) is 113 Å². The highest BCUT2D eigenvalue weighted by molar-refractivity contribution is 9.11. The number of hydrogen-bond donors (Lipinski definition) is 13. The molecule has 588 valence electrons. The predicted molar refractivity (Wildman–Crippen MR) is 468 cm³/mol. The molecule has 8 aromatic carbocycles. The Bertz CT molecular complexity index is 5500. The average Bonchev–Trinajstić information content (AvgIpc) is 1.53. The van der Waals surface area contributed by atoms with Gasteiger partial charge in [0.1, 0.15) is 29.1 Å². The van der Waals surface area contributed by atoms with E-state index >= 15 is 0 Å². The van der Waals surface area contributed by atoms with Crippen LogP contribution in [0.15, 0.2) is 290 Å². The van der Waals surface area contributed by atoms with Gasteiger partial charge in [0.2, 0.25) is 0 Å². The molecule has 13 rings (SSSR count). The fraction of sp³-hybridized carbons (Fsp3) is 0.0698. The highest BCUT2D eigenvalue weighted by atomic mass is 79.9. The van der Waals surface area contributed by atoms with Crippen molar-refractivity contribution in [1.29, 1.82) is 16.2 Å². The molecule has 5 heterocycles. The van der Waals surface area contributed by atoms with Gasteiger partial charge in [-0.15, -0.1) is 0 Å². The summed E-state index contributed by atoms with van der Waals surface area (Å²) in [6, 6.07) is 67.4. The number of benzene rings is 8. The van der Waals surface area contributed by atoms with Crippen molar-refractivity contribution in [3.05, 3.63) is 352 Å². The quantitative estimate of drug-likeness (QED) is 0.0146. The fourth-order valence-electron chi connectivity index (χ4n) is 11.0. The summed E-state index contributed by atoms with van der Waals surface area (Å²) in [4.78, 5) is 120. The number of carbonyl (C=O) groups excluding carboxylic acids is 8. The highest BCUT2D eigenvalue weighted by Gasteiger charge is 2.22. The number of para-hydroxylation sites is 4. The van der Waals surface area contributed by atoms with Crippen molar-refractivity contribution >= 4 is 180 Å². The van der Waals surface area contributed by atoms with Gasteiger partial charge < -0.3 is 69.2 Å². The molecule has 31 heteroatoms. The van der Waals surface area contributed by atoms with Crippen molar-refractivity contribution in [3.63, 3.8) is 0 Å². The Morgan fingerprint density at radius 1 is 0.325 bits per heavy atom. The van der Waals surface area contributed by atoms with Crippen molar-refractivity contribution in [2.45, 2.75) is 26.7 Å². The van der Waals surface area contributed by atoms with Gasteiger partial charge in [-0.2, -0.15) is 0 Å². The van der Waals surface area contributed by atoms with Crippen molar-refractivity contribution in [3.8, 4) is 0 Å². The number of anilines is 8. The van der Waals surface area contributed by atoms with Crippen molar-refractivity contribution < 1.29 is 43.6 Å². The molecule has 8 amide bonds. The van der Waals surface area contributed by atoms with Crippen LogP contribution in [0.2, 0.25) is 0 Å². The zero-order valence-corrected chi connectivity index (χ0v) is 68.6. The number of amides is 8. The van der Waals surface area contributed by atoms with Crippen LogP contribution < -0.4 is 48.3 Å². The minimum atomic E-state index is -0.405. The lowest BCUT2D eigenvalue weighted by molar-refractivity contribution is 0.101. The van der Waals surface area contributed by atoms with E-state index in [2.05, 4.69) is 131 Å². The number of carbonyl (C=O) groups is 8. The number of nitrogens with one attached hydrogen (secondary N) is 11. The molecule has 27 nitrogen and oxygen atoms in total. The Kier molecular flexibility index (Phi) is 30.5. The van der Waals surface area contributed by atoms with Crippen LogP contribution in [0, 0.1) is 16.2 Å². The Labute approximate surface area is 704 Å². The minimum absolute atomic E-state index is 0.0551. The number of rotatable bonds is 20. The molecule has 1 fully saturated rings. The first-order chi connectivity index (χ1) is 56.4. The van der Waals surface area contributed by atoms with E-state index in [4.69, 9.17) is 27.2 Å². The van der Waals surface area contributed by atoms with Crippen LogP contribution in [-0.2, 0) is 0 Å². The molecule has 14 N–H and O–H groups in total. The number of halogens is 4. The summed E-state index contributed by atoms with van der Waals surface area (Å²) in [6.07, 6.45) is 8.55. The lowest BCUT2D eigenvalue weighted by atomic mass is 10.1. The SMILES string of the molecule is CC(=N)c1ccc(C(=O)Nc2ccccc2C(=O)Nc2ccc(Br)cn2)cc1.CC(=N)c1ccc(C(=O)Nc2ccccc2C(=O)Nc2ccc(Br)cn2)cc1.N=C(c1ccc(C(=O)Nc2ccccc2C(=O)Nc2ccc(Br)cn2)cc1)N1CCCC1.NC(=NO)c1ccc(C(=O)Nc2ccccc2C(=O)Nc2ccc(Br)cn2)cc1. The molecule has 0 saturated carbocycles. The largest absolute Gasteiger partial charge is 0.409 e. The van der Waals surface area contributed by atoms with Crippen molar-refractivity contribution in [2.75, 3.05) is 55.6 Å². The summed E-state index contributed by atoms with van der Waals surface area (Å²) in [5, 5.41) is 57.1. The van der Waals surface area contributed by atoms with E-state index in [1.54, 1.807) is 269 Å².